The summed E-state index contributed by atoms with van der Waals surface area (Å²) in [6.07, 6.45) is 1.61. The van der Waals surface area contributed by atoms with Crippen molar-refractivity contribution < 1.29 is 4.39 Å². The number of nitrogens with zero attached hydrogens (tertiary/aromatic N) is 2. The Hall–Kier alpha value is -2.63. The van der Waals surface area contributed by atoms with E-state index in [0.29, 0.717) is 17.6 Å². The molecule has 3 heterocycles. The van der Waals surface area contributed by atoms with E-state index in [1.54, 1.807) is 23.6 Å². The average Bonchev–Trinajstić information content (AvgIpc) is 3.05. The number of halogens is 1. The molecule has 0 amide bonds. The Bertz CT molecular complexity index is 1030. The van der Waals surface area contributed by atoms with Crippen LogP contribution in [0.15, 0.2) is 33.9 Å². The van der Waals surface area contributed by atoms with Crippen LogP contribution < -0.4 is 11.2 Å². The van der Waals surface area contributed by atoms with E-state index in [1.165, 1.54) is 16.7 Å². The number of rotatable bonds is 1. The van der Waals surface area contributed by atoms with E-state index in [9.17, 15) is 14.0 Å². The molecule has 6 heteroatoms. The summed E-state index contributed by atoms with van der Waals surface area (Å²) in [7, 11) is 0. The van der Waals surface area contributed by atoms with Gasteiger partial charge in [0.15, 0.2) is 0 Å². The summed E-state index contributed by atoms with van der Waals surface area (Å²) >= 11 is 0. The summed E-state index contributed by atoms with van der Waals surface area (Å²) < 4.78 is 17.2. The predicted molar refractivity (Wildman–Crippen MR) is 81.2 cm³/mol. The highest BCUT2D eigenvalue weighted by molar-refractivity contribution is 5.79. The first kappa shape index (κ1) is 13.1. The van der Waals surface area contributed by atoms with Gasteiger partial charge in [0.1, 0.15) is 5.82 Å². The van der Waals surface area contributed by atoms with Gasteiger partial charge in [-0.1, -0.05) is 6.07 Å². The number of aryl methyl sites for hydroxylation is 2. The first-order valence-electron chi connectivity index (χ1n) is 7.20. The fourth-order valence-electron chi connectivity index (χ4n) is 3.21. The lowest BCUT2D eigenvalue weighted by atomic mass is 10.2. The summed E-state index contributed by atoms with van der Waals surface area (Å²) in [6, 6.07) is 6.08. The smallest absolute Gasteiger partial charge is 0.310 e. The highest BCUT2D eigenvalue weighted by atomic mass is 19.1. The minimum atomic E-state index is -0.483. The third kappa shape index (κ3) is 1.70. The zero-order valence-electron chi connectivity index (χ0n) is 12.0. The molecule has 0 bridgehead atoms. The number of fused-ring (bicyclic) bond motifs is 3. The van der Waals surface area contributed by atoms with Gasteiger partial charge in [-0.25, -0.2) is 9.18 Å². The van der Waals surface area contributed by atoms with Gasteiger partial charge >= 0.3 is 5.69 Å². The lowest BCUT2D eigenvalue weighted by Crippen LogP contribution is -2.19. The second-order valence-corrected chi connectivity index (χ2v) is 5.67. The van der Waals surface area contributed by atoms with Crippen molar-refractivity contribution in [2.45, 2.75) is 26.3 Å². The summed E-state index contributed by atoms with van der Waals surface area (Å²) in [6.45, 7) is 2.44. The summed E-state index contributed by atoms with van der Waals surface area (Å²) in [5.74, 6) is -0.483. The highest BCUT2D eigenvalue weighted by Gasteiger charge is 2.21. The Kier molecular flexibility index (Phi) is 2.63. The van der Waals surface area contributed by atoms with Crippen molar-refractivity contribution in [3.8, 4) is 5.69 Å². The maximum Gasteiger partial charge on any atom is 0.331 e. The van der Waals surface area contributed by atoms with Crippen molar-refractivity contribution in [1.82, 2.24) is 14.1 Å². The summed E-state index contributed by atoms with van der Waals surface area (Å²) in [4.78, 5) is 27.3. The number of hydrogen-bond donors (Lipinski definition) is 1. The molecule has 0 saturated heterocycles. The van der Waals surface area contributed by atoms with Gasteiger partial charge in [0.25, 0.3) is 5.56 Å². The molecule has 1 aromatic carbocycles. The Balaban J connectivity index is 2.11. The van der Waals surface area contributed by atoms with E-state index in [-0.39, 0.29) is 11.2 Å². The van der Waals surface area contributed by atoms with Gasteiger partial charge in [-0.15, -0.1) is 0 Å². The monoisotopic (exact) mass is 299 g/mol. The molecule has 22 heavy (non-hydrogen) atoms. The molecule has 1 aliphatic heterocycles. The van der Waals surface area contributed by atoms with E-state index < -0.39 is 11.5 Å². The van der Waals surface area contributed by atoms with E-state index in [4.69, 9.17) is 0 Å². The molecule has 4 rings (SSSR count). The van der Waals surface area contributed by atoms with Crippen LogP contribution in [0, 0.1) is 12.7 Å². The third-order valence-corrected chi connectivity index (χ3v) is 4.21. The molecule has 0 radical (unpaired) electrons. The normalized spacial score (nSPS) is 13.7. The molecule has 0 spiro atoms. The topological polar surface area (TPSA) is 59.8 Å². The second kappa shape index (κ2) is 4.43. The number of nitrogens with one attached hydrogen (secondary N) is 1. The van der Waals surface area contributed by atoms with Gasteiger partial charge in [-0.2, -0.15) is 0 Å². The van der Waals surface area contributed by atoms with Crippen molar-refractivity contribution in [1.29, 1.82) is 0 Å². The molecule has 1 aliphatic rings. The fraction of sp³-hybridized carbons (Fsp3) is 0.250. The first-order valence-corrected chi connectivity index (χ1v) is 7.20. The minimum Gasteiger partial charge on any atom is -0.310 e. The van der Waals surface area contributed by atoms with Gasteiger partial charge in [0, 0.05) is 18.3 Å². The quantitative estimate of drug-likeness (QED) is 0.746. The number of pyridine rings is 1. The SMILES string of the molecule is Cc1ccc(-n2c(=O)[nH]c3c4n(c(=O)cc32)CCC4)c(F)c1. The van der Waals surface area contributed by atoms with Crippen LogP contribution in [-0.2, 0) is 13.0 Å². The summed E-state index contributed by atoms with van der Waals surface area (Å²) in [5, 5.41) is 0. The number of aromatic amines is 1. The molecule has 0 fully saturated rings. The third-order valence-electron chi connectivity index (χ3n) is 4.21. The Morgan fingerprint density at radius 2 is 2.05 bits per heavy atom. The molecule has 5 nitrogen and oxygen atoms in total. The van der Waals surface area contributed by atoms with Crippen LogP contribution in [0.5, 0.6) is 0 Å². The molecule has 1 N–H and O–H groups in total. The molecule has 3 aromatic rings. The predicted octanol–water partition coefficient (Wildman–Crippen LogP) is 1.87. The largest absolute Gasteiger partial charge is 0.331 e. The lowest BCUT2D eigenvalue weighted by Gasteiger charge is -2.07. The first-order chi connectivity index (χ1) is 10.6. The van der Waals surface area contributed by atoms with Crippen LogP contribution in [0.2, 0.25) is 0 Å². The van der Waals surface area contributed by atoms with Crippen molar-refractivity contribution >= 4 is 11.0 Å². The number of hydrogen-bond acceptors (Lipinski definition) is 2. The molecule has 2 aromatic heterocycles. The van der Waals surface area contributed by atoms with Crippen molar-refractivity contribution in [2.75, 3.05) is 0 Å². The fourth-order valence-corrected chi connectivity index (χ4v) is 3.21. The van der Waals surface area contributed by atoms with Gasteiger partial charge < -0.3 is 9.55 Å². The van der Waals surface area contributed by atoms with E-state index in [1.807, 2.05) is 0 Å². The molecule has 0 saturated carbocycles. The van der Waals surface area contributed by atoms with Crippen LogP contribution in [-0.4, -0.2) is 14.1 Å². The average molecular weight is 299 g/mol. The molecule has 0 unspecified atom stereocenters. The standard InChI is InChI=1S/C16H14FN3O2/c1-9-4-5-11(10(17)7-9)20-13-8-14(21)19-6-2-3-12(19)15(13)18-16(20)22/h4-5,7-8H,2-3,6H2,1H3,(H,18,22). The Morgan fingerprint density at radius 3 is 2.82 bits per heavy atom. The lowest BCUT2D eigenvalue weighted by molar-refractivity contribution is 0.616. The zero-order valence-corrected chi connectivity index (χ0v) is 12.0. The Labute approximate surface area is 124 Å². The molecular weight excluding hydrogens is 285 g/mol. The number of H-pyrrole nitrogens is 1. The minimum absolute atomic E-state index is 0.153. The van der Waals surface area contributed by atoms with E-state index in [0.717, 1.165) is 24.1 Å². The van der Waals surface area contributed by atoms with Crippen LogP contribution >= 0.6 is 0 Å². The van der Waals surface area contributed by atoms with Gasteiger partial charge in [0.2, 0.25) is 0 Å². The van der Waals surface area contributed by atoms with Gasteiger partial charge in [-0.3, -0.25) is 9.36 Å². The Morgan fingerprint density at radius 1 is 1.23 bits per heavy atom. The van der Waals surface area contributed by atoms with E-state index in [2.05, 4.69) is 4.98 Å². The number of imidazole rings is 1. The molecular formula is C16H14FN3O2. The molecule has 0 atom stereocenters. The zero-order chi connectivity index (χ0) is 15.4. The van der Waals surface area contributed by atoms with Crippen molar-refractivity contribution in [3.63, 3.8) is 0 Å². The van der Waals surface area contributed by atoms with Crippen molar-refractivity contribution in [3.05, 3.63) is 62.2 Å². The van der Waals surface area contributed by atoms with Crippen LogP contribution in [0.25, 0.3) is 16.7 Å². The maximum atomic E-state index is 14.2. The van der Waals surface area contributed by atoms with Gasteiger partial charge in [-0.05, 0) is 37.5 Å². The maximum absolute atomic E-state index is 14.2. The van der Waals surface area contributed by atoms with E-state index >= 15 is 0 Å². The van der Waals surface area contributed by atoms with Crippen LogP contribution in [0.1, 0.15) is 17.7 Å². The number of benzene rings is 1. The van der Waals surface area contributed by atoms with Gasteiger partial charge in [0.05, 0.1) is 16.7 Å². The van der Waals surface area contributed by atoms with Crippen molar-refractivity contribution in [2.24, 2.45) is 0 Å². The summed E-state index contributed by atoms with van der Waals surface area (Å²) in [5.41, 5.74) is 2.23. The number of aromatic nitrogens is 3. The van der Waals surface area contributed by atoms with Crippen LogP contribution in [0.4, 0.5) is 4.39 Å². The molecule has 0 aliphatic carbocycles. The second-order valence-electron chi connectivity index (χ2n) is 5.67. The van der Waals surface area contributed by atoms with Crippen LogP contribution in [0.3, 0.4) is 0 Å². The molecule has 112 valence electrons. The highest BCUT2D eigenvalue weighted by Crippen LogP contribution is 2.23.